The molecule has 0 saturated heterocycles. The van der Waals surface area contributed by atoms with Crippen LogP contribution in [0.25, 0.3) is 0 Å². The zero-order valence-corrected chi connectivity index (χ0v) is 15.5. The van der Waals surface area contributed by atoms with E-state index in [0.29, 0.717) is 18.5 Å². The largest absolute Gasteiger partial charge is 0.468 e. The first-order chi connectivity index (χ1) is 11.0. The van der Waals surface area contributed by atoms with E-state index in [0.717, 1.165) is 18.4 Å². The monoisotopic (exact) mass is 456 g/mol. The van der Waals surface area contributed by atoms with E-state index in [1.165, 1.54) is 12.3 Å². The van der Waals surface area contributed by atoms with Crippen molar-refractivity contribution in [3.05, 3.63) is 36.0 Å². The lowest BCUT2D eigenvalue weighted by atomic mass is 10.2. The van der Waals surface area contributed by atoms with Crippen LogP contribution in [0, 0.1) is 0 Å². The van der Waals surface area contributed by atoms with E-state index in [1.807, 2.05) is 0 Å². The molecule has 24 heavy (non-hydrogen) atoms. The van der Waals surface area contributed by atoms with Crippen LogP contribution in [0.4, 0.5) is 13.2 Å². The fourth-order valence-corrected chi connectivity index (χ4v) is 2.10. The summed E-state index contributed by atoms with van der Waals surface area (Å²) in [5, 5.41) is 6.39. The number of hydrogen-bond donors (Lipinski definition) is 2. The molecule has 0 radical (unpaired) electrons. The Hall–Kier alpha value is -1.52. The van der Waals surface area contributed by atoms with Crippen LogP contribution >= 0.6 is 24.0 Å². The normalized spacial score (nSPS) is 15.1. The van der Waals surface area contributed by atoms with E-state index in [2.05, 4.69) is 37.5 Å². The number of halogens is 4. The van der Waals surface area contributed by atoms with Crippen molar-refractivity contribution in [1.82, 2.24) is 15.6 Å². The number of nitrogens with one attached hydrogen (secondary N) is 2. The van der Waals surface area contributed by atoms with Gasteiger partial charge in [-0.05, 0) is 24.5 Å². The van der Waals surface area contributed by atoms with E-state index in [-0.39, 0.29) is 29.9 Å². The first-order valence-electron chi connectivity index (χ1n) is 7.23. The molecule has 1 aromatic heterocycles. The Morgan fingerprint density at radius 3 is 2.71 bits per heavy atom. The van der Waals surface area contributed by atoms with E-state index in [1.54, 1.807) is 13.1 Å². The molecule has 1 aromatic rings. The Morgan fingerprint density at radius 1 is 1.38 bits per heavy atom. The highest BCUT2D eigenvalue weighted by atomic mass is 127. The Morgan fingerprint density at radius 2 is 2.08 bits per heavy atom. The second kappa shape index (κ2) is 9.70. The molecule has 0 spiro atoms. The van der Waals surface area contributed by atoms with Gasteiger partial charge in [0.05, 0.1) is 0 Å². The number of ether oxygens (including phenoxy) is 1. The van der Waals surface area contributed by atoms with E-state index in [9.17, 15) is 13.2 Å². The molecule has 2 rings (SSSR count). The number of nitrogens with zero attached hydrogens (tertiary/aromatic N) is 2. The van der Waals surface area contributed by atoms with Crippen LogP contribution in [0.1, 0.15) is 18.4 Å². The first kappa shape index (κ1) is 20.5. The van der Waals surface area contributed by atoms with Crippen LogP contribution in [0.15, 0.2) is 35.5 Å². The second-order valence-electron chi connectivity index (χ2n) is 5.12. The van der Waals surface area contributed by atoms with E-state index in [4.69, 9.17) is 0 Å². The number of hydrogen-bond acceptors (Lipinski definition) is 3. The van der Waals surface area contributed by atoms with E-state index >= 15 is 0 Å². The number of guanidine groups is 1. The van der Waals surface area contributed by atoms with Crippen LogP contribution in [-0.2, 0) is 6.54 Å². The van der Waals surface area contributed by atoms with Crippen molar-refractivity contribution < 1.29 is 17.9 Å². The highest BCUT2D eigenvalue weighted by Gasteiger charge is 2.28. The van der Waals surface area contributed by atoms with Crippen molar-refractivity contribution in [2.24, 2.45) is 4.99 Å². The van der Waals surface area contributed by atoms with Gasteiger partial charge in [0.25, 0.3) is 0 Å². The second-order valence-corrected chi connectivity index (χ2v) is 5.12. The summed E-state index contributed by atoms with van der Waals surface area (Å²) in [7, 11) is 1.67. The molecule has 0 atom stereocenters. The number of pyridine rings is 1. The van der Waals surface area contributed by atoms with Crippen LogP contribution in [0.2, 0.25) is 0 Å². The van der Waals surface area contributed by atoms with Crippen LogP contribution in [-0.4, -0.2) is 36.8 Å². The van der Waals surface area contributed by atoms with Gasteiger partial charge in [-0.15, -0.1) is 24.0 Å². The van der Waals surface area contributed by atoms with Gasteiger partial charge in [-0.1, -0.05) is 12.2 Å². The van der Waals surface area contributed by atoms with Crippen molar-refractivity contribution in [3.63, 3.8) is 0 Å². The molecular formula is C15H20F3IN4O. The average Bonchev–Trinajstić information content (AvgIpc) is 3.02. The molecule has 0 aliphatic heterocycles. The maximum absolute atomic E-state index is 12.1. The predicted molar refractivity (Wildman–Crippen MR) is 96.7 cm³/mol. The molecule has 2 N–H and O–H groups in total. The fourth-order valence-electron chi connectivity index (χ4n) is 2.10. The molecule has 0 bridgehead atoms. The maximum atomic E-state index is 12.1. The average molecular weight is 456 g/mol. The molecule has 0 saturated carbocycles. The van der Waals surface area contributed by atoms with Gasteiger partial charge < -0.3 is 15.4 Å². The van der Waals surface area contributed by atoms with Crippen LogP contribution < -0.4 is 15.4 Å². The molecule has 5 nitrogen and oxygen atoms in total. The smallest absolute Gasteiger partial charge is 0.422 e. The summed E-state index contributed by atoms with van der Waals surface area (Å²) in [6.07, 6.45) is 3.16. The summed E-state index contributed by atoms with van der Waals surface area (Å²) in [4.78, 5) is 7.90. The first-order valence-corrected chi connectivity index (χ1v) is 7.23. The molecule has 1 aliphatic carbocycles. The SMILES string of the molecule is CN=C(NCc1ccnc(OCC(F)(F)F)c1)NC1CC=CC1.I. The van der Waals surface area contributed by atoms with Gasteiger partial charge in [-0.2, -0.15) is 13.2 Å². The molecule has 0 amide bonds. The summed E-state index contributed by atoms with van der Waals surface area (Å²) < 4.78 is 41.1. The predicted octanol–water partition coefficient (Wildman–Crippen LogP) is 3.02. The molecule has 1 heterocycles. The van der Waals surface area contributed by atoms with Gasteiger partial charge >= 0.3 is 6.18 Å². The molecule has 134 valence electrons. The summed E-state index contributed by atoms with van der Waals surface area (Å²) in [5.41, 5.74) is 0.754. The summed E-state index contributed by atoms with van der Waals surface area (Å²) in [6.45, 7) is -0.945. The third-order valence-corrected chi connectivity index (χ3v) is 3.22. The van der Waals surface area contributed by atoms with Crippen LogP contribution in [0.5, 0.6) is 5.88 Å². The standard InChI is InChI=1S/C15H19F3N4O.HI/c1-19-14(22-12-4-2-3-5-12)21-9-11-6-7-20-13(8-11)23-10-15(16,17)18;/h2-3,6-8,12H,4-5,9-10H2,1H3,(H2,19,21,22);1H. The summed E-state index contributed by atoms with van der Waals surface area (Å²) >= 11 is 0. The minimum absolute atomic E-state index is 0. The lowest BCUT2D eigenvalue weighted by Gasteiger charge is -2.17. The number of aliphatic imine (C=N–C) groups is 1. The zero-order valence-electron chi connectivity index (χ0n) is 13.1. The third-order valence-electron chi connectivity index (χ3n) is 3.22. The lowest BCUT2D eigenvalue weighted by Crippen LogP contribution is -2.42. The Bertz CT molecular complexity index is 570. The summed E-state index contributed by atoms with van der Waals surface area (Å²) in [5.74, 6) is 0.595. The Kier molecular flexibility index (Phi) is 8.29. The number of alkyl halides is 3. The molecular weight excluding hydrogens is 436 g/mol. The van der Waals surface area contributed by atoms with Gasteiger partial charge in [0.1, 0.15) is 0 Å². The molecule has 0 unspecified atom stereocenters. The van der Waals surface area contributed by atoms with Crippen molar-refractivity contribution >= 4 is 29.9 Å². The zero-order chi connectivity index (χ0) is 16.7. The Balaban J connectivity index is 0.00000288. The molecule has 0 aromatic carbocycles. The number of aromatic nitrogens is 1. The van der Waals surface area contributed by atoms with Crippen molar-refractivity contribution in [2.75, 3.05) is 13.7 Å². The van der Waals surface area contributed by atoms with Gasteiger partial charge in [-0.3, -0.25) is 4.99 Å². The van der Waals surface area contributed by atoms with Gasteiger partial charge in [-0.25, -0.2) is 4.98 Å². The maximum Gasteiger partial charge on any atom is 0.422 e. The summed E-state index contributed by atoms with van der Waals surface area (Å²) in [6, 6.07) is 3.50. The van der Waals surface area contributed by atoms with Crippen molar-refractivity contribution in [1.29, 1.82) is 0 Å². The van der Waals surface area contributed by atoms with E-state index < -0.39 is 12.8 Å². The highest BCUT2D eigenvalue weighted by Crippen LogP contribution is 2.17. The Labute approximate surface area is 155 Å². The topological polar surface area (TPSA) is 58.5 Å². The van der Waals surface area contributed by atoms with Crippen molar-refractivity contribution in [2.45, 2.75) is 31.6 Å². The highest BCUT2D eigenvalue weighted by molar-refractivity contribution is 14.0. The third kappa shape index (κ3) is 7.37. The number of rotatable bonds is 5. The molecule has 1 aliphatic rings. The van der Waals surface area contributed by atoms with Gasteiger partial charge in [0.2, 0.25) is 5.88 Å². The minimum Gasteiger partial charge on any atom is -0.468 e. The van der Waals surface area contributed by atoms with Gasteiger partial charge in [0.15, 0.2) is 12.6 Å². The quantitative estimate of drug-likeness (QED) is 0.310. The molecule has 9 heteroatoms. The van der Waals surface area contributed by atoms with Gasteiger partial charge in [0, 0.05) is 31.9 Å². The minimum atomic E-state index is -4.38. The lowest BCUT2D eigenvalue weighted by molar-refractivity contribution is -0.154. The fraction of sp³-hybridized carbons (Fsp3) is 0.467. The molecule has 0 fully saturated rings. The van der Waals surface area contributed by atoms with Crippen molar-refractivity contribution in [3.8, 4) is 5.88 Å². The van der Waals surface area contributed by atoms with Crippen LogP contribution in [0.3, 0.4) is 0 Å².